The highest BCUT2D eigenvalue weighted by atomic mass is 32.1. The molecule has 192 valence electrons. The number of pyridine rings is 1. The van der Waals surface area contributed by atoms with Gasteiger partial charge >= 0.3 is 0 Å². The smallest absolute Gasteiger partial charge is 0.223 e. The third kappa shape index (κ3) is 5.87. The number of rotatable bonds is 10. The lowest BCUT2D eigenvalue weighted by atomic mass is 10.0. The summed E-state index contributed by atoms with van der Waals surface area (Å²) in [7, 11) is 1.61. The molecule has 2 heterocycles. The molecule has 0 aliphatic rings. The molecular formula is C28H25N5O4S. The van der Waals surface area contributed by atoms with Crippen molar-refractivity contribution in [2.24, 2.45) is 0 Å². The Morgan fingerprint density at radius 3 is 2.16 bits per heavy atom. The average Bonchev–Trinajstić information content (AvgIpc) is 3.37. The van der Waals surface area contributed by atoms with Gasteiger partial charge in [-0.15, -0.1) is 17.7 Å². The van der Waals surface area contributed by atoms with E-state index in [0.717, 1.165) is 22.4 Å². The van der Waals surface area contributed by atoms with Crippen LogP contribution in [0.2, 0.25) is 0 Å². The fourth-order valence-corrected chi connectivity index (χ4v) is 4.03. The van der Waals surface area contributed by atoms with Gasteiger partial charge in [0.25, 0.3) is 0 Å². The lowest BCUT2D eigenvalue weighted by molar-refractivity contribution is 0.0510. The van der Waals surface area contributed by atoms with Crippen molar-refractivity contribution in [3.8, 4) is 11.5 Å². The third-order valence-corrected chi connectivity index (χ3v) is 6.18. The topological polar surface area (TPSA) is 93.3 Å². The zero-order chi connectivity index (χ0) is 26.3. The first kappa shape index (κ1) is 25.1. The molecule has 0 atom stereocenters. The first-order valence-electron chi connectivity index (χ1n) is 11.8. The van der Waals surface area contributed by atoms with E-state index in [9.17, 15) is 4.79 Å². The van der Waals surface area contributed by atoms with Crippen LogP contribution >= 0.6 is 12.6 Å². The quantitative estimate of drug-likeness (QED) is 0.275. The van der Waals surface area contributed by atoms with Gasteiger partial charge in [-0.05, 0) is 39.2 Å². The third-order valence-electron chi connectivity index (χ3n) is 5.86. The van der Waals surface area contributed by atoms with E-state index in [0.29, 0.717) is 10.9 Å². The van der Waals surface area contributed by atoms with Gasteiger partial charge in [-0.3, -0.25) is 4.79 Å². The summed E-state index contributed by atoms with van der Waals surface area (Å²) in [5.74, 6) is 0.889. The van der Waals surface area contributed by atoms with E-state index >= 15 is 0 Å². The van der Waals surface area contributed by atoms with Crippen LogP contribution in [0.4, 0.5) is 0 Å². The Kier molecular flexibility index (Phi) is 7.70. The number of methoxy groups -OCH3 is 1. The molecule has 0 saturated heterocycles. The van der Waals surface area contributed by atoms with E-state index in [4.69, 9.17) is 14.3 Å². The normalized spacial score (nSPS) is 10.9. The summed E-state index contributed by atoms with van der Waals surface area (Å²) < 4.78 is 14.2. The predicted octanol–water partition coefficient (Wildman–Crippen LogP) is 3.98. The highest BCUT2D eigenvalue weighted by Gasteiger charge is 2.20. The molecule has 3 aromatic carbocycles. The second-order valence-electron chi connectivity index (χ2n) is 8.40. The molecule has 0 amide bonds. The summed E-state index contributed by atoms with van der Waals surface area (Å²) in [4.78, 5) is 19.6. The standard InChI is InChI=1S/C28H25N5O4S/c1-35-24-14-12-20(13-15-24)19-36-26-18-33(23(16-25(26)34)17-32-28(38)29-30-31-32)37-27(21-8-4-2-5-9-21)22-10-6-3-7-11-22/h2-16,18,27H,17,19H2,1H3,(H,29,31,38). The Morgan fingerprint density at radius 2 is 1.58 bits per heavy atom. The maximum absolute atomic E-state index is 13.1. The van der Waals surface area contributed by atoms with Crippen LogP contribution in [0.3, 0.4) is 0 Å². The minimum Gasteiger partial charge on any atom is -0.497 e. The van der Waals surface area contributed by atoms with Crippen LogP contribution in [0.5, 0.6) is 11.5 Å². The van der Waals surface area contributed by atoms with Gasteiger partial charge in [0.05, 0.1) is 25.5 Å². The summed E-state index contributed by atoms with van der Waals surface area (Å²) >= 11 is 4.30. The van der Waals surface area contributed by atoms with E-state index < -0.39 is 6.10 Å². The number of tetrazole rings is 1. The van der Waals surface area contributed by atoms with Gasteiger partial charge in [0.1, 0.15) is 12.4 Å². The minimum absolute atomic E-state index is 0.146. The van der Waals surface area contributed by atoms with Crippen molar-refractivity contribution in [3.05, 3.63) is 130 Å². The average molecular weight is 528 g/mol. The number of aromatic nitrogens is 5. The molecule has 0 saturated carbocycles. The molecule has 0 bridgehead atoms. The van der Waals surface area contributed by atoms with Gasteiger partial charge in [-0.2, -0.15) is 4.73 Å². The molecule has 2 aromatic heterocycles. The zero-order valence-electron chi connectivity index (χ0n) is 20.5. The van der Waals surface area contributed by atoms with Crippen molar-refractivity contribution >= 4 is 12.6 Å². The summed E-state index contributed by atoms with van der Waals surface area (Å²) in [6.07, 6.45) is 1.10. The SMILES string of the molecule is COc1ccc(COc2cn(OC(c3ccccc3)c3ccccc3)c(Cn3nnnc3S)cc2=O)cc1. The number of thiol groups is 1. The summed E-state index contributed by atoms with van der Waals surface area (Å²) in [6.45, 7) is 0.364. The van der Waals surface area contributed by atoms with Gasteiger partial charge in [-0.25, -0.2) is 4.68 Å². The van der Waals surface area contributed by atoms with Crippen LogP contribution < -0.4 is 19.7 Å². The molecule has 9 nitrogen and oxygen atoms in total. The summed E-state index contributed by atoms with van der Waals surface area (Å²) in [5.41, 5.74) is 3.01. The molecule has 0 aliphatic carbocycles. The van der Waals surface area contributed by atoms with E-state index in [1.807, 2.05) is 84.9 Å². The van der Waals surface area contributed by atoms with Crippen LogP contribution in [0, 0.1) is 0 Å². The highest BCUT2D eigenvalue weighted by molar-refractivity contribution is 7.80. The number of hydrogen-bond donors (Lipinski definition) is 1. The molecular weight excluding hydrogens is 502 g/mol. The van der Waals surface area contributed by atoms with Crippen molar-refractivity contribution < 1.29 is 14.3 Å². The molecule has 5 rings (SSSR count). The fraction of sp³-hybridized carbons (Fsp3) is 0.143. The Morgan fingerprint density at radius 1 is 0.921 bits per heavy atom. The van der Waals surface area contributed by atoms with Crippen LogP contribution in [0.25, 0.3) is 0 Å². The number of benzene rings is 3. The van der Waals surface area contributed by atoms with Crippen LogP contribution in [0.1, 0.15) is 28.5 Å². The Bertz CT molecular complexity index is 1500. The Hall–Kier alpha value is -4.57. The summed E-state index contributed by atoms with van der Waals surface area (Å²) in [5, 5.41) is 11.7. The molecule has 38 heavy (non-hydrogen) atoms. The van der Waals surface area contributed by atoms with Gasteiger partial charge < -0.3 is 14.3 Å². The molecule has 0 fully saturated rings. The Labute approximate surface area is 224 Å². The molecule has 0 aliphatic heterocycles. The van der Waals surface area contributed by atoms with Gasteiger partial charge in [0.2, 0.25) is 10.6 Å². The lowest BCUT2D eigenvalue weighted by Gasteiger charge is -2.24. The number of ether oxygens (including phenoxy) is 2. The second-order valence-corrected chi connectivity index (χ2v) is 8.80. The first-order valence-corrected chi connectivity index (χ1v) is 12.3. The van der Waals surface area contributed by atoms with Crippen LogP contribution in [-0.2, 0) is 13.2 Å². The maximum atomic E-state index is 13.1. The van der Waals surface area contributed by atoms with E-state index in [2.05, 4.69) is 28.2 Å². The van der Waals surface area contributed by atoms with Crippen LogP contribution in [-0.4, -0.2) is 32.0 Å². The fourth-order valence-electron chi connectivity index (χ4n) is 3.88. The lowest BCUT2D eigenvalue weighted by Crippen LogP contribution is -2.26. The summed E-state index contributed by atoms with van der Waals surface area (Å²) in [6, 6.07) is 28.6. The van der Waals surface area contributed by atoms with Crippen molar-refractivity contribution in [1.82, 2.24) is 24.9 Å². The molecule has 0 N–H and O–H groups in total. The molecule has 0 spiro atoms. The van der Waals surface area contributed by atoms with Crippen molar-refractivity contribution in [2.75, 3.05) is 7.11 Å². The predicted molar refractivity (Wildman–Crippen MR) is 144 cm³/mol. The monoisotopic (exact) mass is 527 g/mol. The minimum atomic E-state index is -0.461. The van der Waals surface area contributed by atoms with Gasteiger partial charge in [0, 0.05) is 6.07 Å². The molecule has 0 unspecified atom stereocenters. The largest absolute Gasteiger partial charge is 0.497 e. The van der Waals surface area contributed by atoms with E-state index in [1.54, 1.807) is 18.0 Å². The molecule has 0 radical (unpaired) electrons. The van der Waals surface area contributed by atoms with Crippen LogP contribution in [0.15, 0.2) is 107 Å². The van der Waals surface area contributed by atoms with Crippen molar-refractivity contribution in [2.45, 2.75) is 24.4 Å². The number of hydrogen-bond acceptors (Lipinski definition) is 8. The Balaban J connectivity index is 1.51. The van der Waals surface area contributed by atoms with Gasteiger partial charge in [0.15, 0.2) is 11.9 Å². The van der Waals surface area contributed by atoms with E-state index in [-0.39, 0.29) is 24.3 Å². The molecule has 10 heteroatoms. The maximum Gasteiger partial charge on any atom is 0.223 e. The van der Waals surface area contributed by atoms with Crippen molar-refractivity contribution in [1.29, 1.82) is 0 Å². The zero-order valence-corrected chi connectivity index (χ0v) is 21.4. The highest BCUT2D eigenvalue weighted by Crippen LogP contribution is 2.25. The van der Waals surface area contributed by atoms with E-state index in [1.165, 1.54) is 10.7 Å². The molecule has 5 aromatic rings. The number of nitrogens with zero attached hydrogens (tertiary/aromatic N) is 5. The first-order chi connectivity index (χ1) is 18.6. The van der Waals surface area contributed by atoms with Gasteiger partial charge in [-0.1, -0.05) is 72.8 Å². The second kappa shape index (κ2) is 11.7. The van der Waals surface area contributed by atoms with Crippen molar-refractivity contribution in [3.63, 3.8) is 0 Å².